The minimum Gasteiger partial charge on any atom is -0.370 e. The van der Waals surface area contributed by atoms with Gasteiger partial charge in [0.05, 0.1) is 11.2 Å². The third kappa shape index (κ3) is 3.04. The highest BCUT2D eigenvalue weighted by Gasteiger charge is 2.23. The standard InChI is InChI=1S/C16H21BrN4/c1-3-21-8-5-13(6-9-21)20(2)15-4-7-18-14-10-12(17)11-19-16(14)15/h4,7,10-11,13H,3,5-6,8-9H2,1-2H3. The maximum absolute atomic E-state index is 4.57. The zero-order valence-corrected chi connectivity index (χ0v) is 14.2. The Morgan fingerprint density at radius 3 is 2.81 bits per heavy atom. The lowest BCUT2D eigenvalue weighted by Gasteiger charge is -2.37. The van der Waals surface area contributed by atoms with E-state index in [0.717, 1.165) is 22.1 Å². The smallest absolute Gasteiger partial charge is 0.112 e. The highest BCUT2D eigenvalue weighted by atomic mass is 79.9. The van der Waals surface area contributed by atoms with Crippen LogP contribution in [0.2, 0.25) is 0 Å². The molecule has 21 heavy (non-hydrogen) atoms. The van der Waals surface area contributed by atoms with Gasteiger partial charge in [0.25, 0.3) is 0 Å². The minimum atomic E-state index is 0.587. The third-order valence-corrected chi connectivity index (χ3v) is 4.89. The van der Waals surface area contributed by atoms with E-state index < -0.39 is 0 Å². The second-order valence-electron chi connectivity index (χ2n) is 5.63. The number of fused-ring (bicyclic) bond motifs is 1. The Hall–Kier alpha value is -1.20. The lowest BCUT2D eigenvalue weighted by atomic mass is 10.0. The molecule has 2 aromatic heterocycles. The van der Waals surface area contributed by atoms with E-state index in [2.05, 4.69) is 55.7 Å². The summed E-state index contributed by atoms with van der Waals surface area (Å²) in [5, 5.41) is 0. The van der Waals surface area contributed by atoms with Crippen molar-refractivity contribution in [2.24, 2.45) is 0 Å². The van der Waals surface area contributed by atoms with Gasteiger partial charge in [0.2, 0.25) is 0 Å². The molecule has 0 aromatic carbocycles. The molecule has 0 unspecified atom stereocenters. The zero-order valence-electron chi connectivity index (χ0n) is 12.6. The molecule has 0 saturated carbocycles. The summed E-state index contributed by atoms with van der Waals surface area (Å²) in [7, 11) is 2.19. The van der Waals surface area contributed by atoms with Gasteiger partial charge in [0.1, 0.15) is 5.52 Å². The van der Waals surface area contributed by atoms with Crippen molar-refractivity contribution in [1.29, 1.82) is 0 Å². The minimum absolute atomic E-state index is 0.587. The molecule has 112 valence electrons. The molecule has 0 amide bonds. The summed E-state index contributed by atoms with van der Waals surface area (Å²) in [6.07, 6.45) is 6.15. The number of piperidine rings is 1. The van der Waals surface area contributed by atoms with Crippen LogP contribution in [0, 0.1) is 0 Å². The van der Waals surface area contributed by atoms with E-state index in [0.29, 0.717) is 6.04 Å². The van der Waals surface area contributed by atoms with E-state index in [1.54, 1.807) is 0 Å². The largest absolute Gasteiger partial charge is 0.370 e. The van der Waals surface area contributed by atoms with Gasteiger partial charge >= 0.3 is 0 Å². The first kappa shape index (κ1) is 14.7. The van der Waals surface area contributed by atoms with Crippen molar-refractivity contribution in [3.8, 4) is 0 Å². The average Bonchev–Trinajstić information content (AvgIpc) is 2.53. The van der Waals surface area contributed by atoms with Gasteiger partial charge in [-0.1, -0.05) is 6.92 Å². The van der Waals surface area contributed by atoms with Gasteiger partial charge in [-0.2, -0.15) is 0 Å². The molecule has 0 aliphatic carbocycles. The molecule has 0 atom stereocenters. The number of rotatable bonds is 3. The van der Waals surface area contributed by atoms with Crippen LogP contribution in [0.15, 0.2) is 29.0 Å². The molecule has 0 N–H and O–H groups in total. The lowest BCUT2D eigenvalue weighted by molar-refractivity contribution is 0.221. The highest BCUT2D eigenvalue weighted by Crippen LogP contribution is 2.28. The molecule has 5 heteroatoms. The fourth-order valence-corrected chi connectivity index (χ4v) is 3.41. The fraction of sp³-hybridized carbons (Fsp3) is 0.500. The van der Waals surface area contributed by atoms with Crippen molar-refractivity contribution in [1.82, 2.24) is 14.9 Å². The third-order valence-electron chi connectivity index (χ3n) is 4.45. The van der Waals surface area contributed by atoms with Crippen molar-refractivity contribution in [2.75, 3.05) is 31.6 Å². The fourth-order valence-electron chi connectivity index (χ4n) is 3.10. The number of hydrogen-bond donors (Lipinski definition) is 0. The van der Waals surface area contributed by atoms with Crippen molar-refractivity contribution < 1.29 is 0 Å². The van der Waals surface area contributed by atoms with Crippen LogP contribution in [0.3, 0.4) is 0 Å². The van der Waals surface area contributed by atoms with Crippen molar-refractivity contribution in [3.05, 3.63) is 29.0 Å². The van der Waals surface area contributed by atoms with Gasteiger partial charge in [0.15, 0.2) is 0 Å². The molecule has 1 aliphatic heterocycles. The second-order valence-corrected chi connectivity index (χ2v) is 6.54. The van der Waals surface area contributed by atoms with Crippen LogP contribution in [0.25, 0.3) is 11.0 Å². The maximum Gasteiger partial charge on any atom is 0.112 e. The van der Waals surface area contributed by atoms with E-state index in [1.807, 2.05) is 18.5 Å². The molecule has 3 heterocycles. The van der Waals surface area contributed by atoms with Crippen LogP contribution < -0.4 is 4.90 Å². The van der Waals surface area contributed by atoms with Gasteiger partial charge in [-0.15, -0.1) is 0 Å². The molecular formula is C16H21BrN4. The molecule has 1 saturated heterocycles. The molecule has 0 radical (unpaired) electrons. The molecule has 2 aromatic rings. The quantitative estimate of drug-likeness (QED) is 0.851. The first-order valence-corrected chi connectivity index (χ1v) is 8.33. The van der Waals surface area contributed by atoms with E-state index >= 15 is 0 Å². The summed E-state index contributed by atoms with van der Waals surface area (Å²) in [6, 6.07) is 4.69. The first-order valence-electron chi connectivity index (χ1n) is 7.54. The Labute approximate surface area is 134 Å². The summed E-state index contributed by atoms with van der Waals surface area (Å²) in [5.74, 6) is 0. The van der Waals surface area contributed by atoms with Gasteiger partial charge in [-0.25, -0.2) is 0 Å². The molecule has 3 rings (SSSR count). The van der Waals surface area contributed by atoms with Gasteiger partial charge < -0.3 is 9.80 Å². The van der Waals surface area contributed by atoms with Gasteiger partial charge in [-0.05, 0) is 47.4 Å². The number of pyridine rings is 2. The maximum atomic E-state index is 4.57. The van der Waals surface area contributed by atoms with Crippen LogP contribution in [0.4, 0.5) is 5.69 Å². The monoisotopic (exact) mass is 348 g/mol. The van der Waals surface area contributed by atoms with Gasteiger partial charge in [0, 0.05) is 43.0 Å². The van der Waals surface area contributed by atoms with Crippen molar-refractivity contribution >= 4 is 32.7 Å². The Bertz CT molecular complexity index is 623. The number of halogens is 1. The van der Waals surface area contributed by atoms with Crippen molar-refractivity contribution in [3.63, 3.8) is 0 Å². The molecular weight excluding hydrogens is 328 g/mol. The van der Waals surface area contributed by atoms with Crippen LogP contribution in [-0.2, 0) is 0 Å². The number of likely N-dealkylation sites (tertiary alicyclic amines) is 1. The topological polar surface area (TPSA) is 32.3 Å². The van der Waals surface area contributed by atoms with Crippen LogP contribution in [-0.4, -0.2) is 47.6 Å². The molecule has 4 nitrogen and oxygen atoms in total. The number of anilines is 1. The summed E-state index contributed by atoms with van der Waals surface area (Å²) in [5.41, 5.74) is 3.11. The lowest BCUT2D eigenvalue weighted by Crippen LogP contribution is -2.43. The van der Waals surface area contributed by atoms with E-state index in [1.165, 1.54) is 31.6 Å². The van der Waals surface area contributed by atoms with Crippen LogP contribution in [0.5, 0.6) is 0 Å². The summed E-state index contributed by atoms with van der Waals surface area (Å²) < 4.78 is 0.971. The molecule has 0 bridgehead atoms. The van der Waals surface area contributed by atoms with Crippen molar-refractivity contribution in [2.45, 2.75) is 25.8 Å². The molecule has 1 aliphatic rings. The summed E-state index contributed by atoms with van der Waals surface area (Å²) in [6.45, 7) is 5.77. The summed E-state index contributed by atoms with van der Waals surface area (Å²) in [4.78, 5) is 13.9. The van der Waals surface area contributed by atoms with E-state index in [4.69, 9.17) is 0 Å². The first-order chi connectivity index (χ1) is 10.2. The Morgan fingerprint density at radius 1 is 1.33 bits per heavy atom. The number of nitrogens with zero attached hydrogens (tertiary/aromatic N) is 4. The normalized spacial score (nSPS) is 17.3. The number of hydrogen-bond acceptors (Lipinski definition) is 4. The van der Waals surface area contributed by atoms with E-state index in [9.17, 15) is 0 Å². The highest BCUT2D eigenvalue weighted by molar-refractivity contribution is 9.10. The Morgan fingerprint density at radius 2 is 2.10 bits per heavy atom. The van der Waals surface area contributed by atoms with Crippen LogP contribution >= 0.6 is 15.9 Å². The second kappa shape index (κ2) is 6.28. The summed E-state index contributed by atoms with van der Waals surface area (Å²) >= 11 is 3.46. The van der Waals surface area contributed by atoms with Gasteiger partial charge in [-0.3, -0.25) is 9.97 Å². The Kier molecular flexibility index (Phi) is 4.40. The Balaban J connectivity index is 1.86. The van der Waals surface area contributed by atoms with Crippen LogP contribution in [0.1, 0.15) is 19.8 Å². The average molecular weight is 349 g/mol. The SMILES string of the molecule is CCN1CCC(N(C)c2ccnc3cc(Br)cnc23)CC1. The molecule has 1 fully saturated rings. The van der Waals surface area contributed by atoms with E-state index in [-0.39, 0.29) is 0 Å². The number of aromatic nitrogens is 2. The zero-order chi connectivity index (χ0) is 14.8. The molecule has 0 spiro atoms. The predicted octanol–water partition coefficient (Wildman–Crippen LogP) is 3.31. The predicted molar refractivity (Wildman–Crippen MR) is 90.8 cm³/mol.